The molecule has 1 saturated heterocycles. The summed E-state index contributed by atoms with van der Waals surface area (Å²) in [5.41, 5.74) is -0.134. The predicted octanol–water partition coefficient (Wildman–Crippen LogP) is 4.83. The molecule has 214 valence electrons. The predicted molar refractivity (Wildman–Crippen MR) is 147 cm³/mol. The Morgan fingerprint density at radius 2 is 1.68 bits per heavy atom. The van der Waals surface area contributed by atoms with E-state index in [1.54, 1.807) is 36.4 Å². The van der Waals surface area contributed by atoms with Crippen LogP contribution in [0.25, 0.3) is 11.3 Å². The first-order valence-corrected chi connectivity index (χ1v) is 14.9. The fourth-order valence-corrected chi connectivity index (χ4v) is 6.03. The van der Waals surface area contributed by atoms with E-state index >= 15 is 0 Å². The number of halogens is 3. The van der Waals surface area contributed by atoms with Crippen molar-refractivity contribution in [2.24, 2.45) is 0 Å². The highest BCUT2D eigenvalue weighted by molar-refractivity contribution is 7.92. The molecule has 5 rings (SSSR count). The van der Waals surface area contributed by atoms with Crippen LogP contribution in [0, 0.1) is 0 Å². The Bertz CT molecular complexity index is 1430. The molecular weight excluding hydrogens is 543 g/mol. The molecule has 0 spiro atoms. The molecule has 0 aliphatic carbocycles. The SMILES string of the molecule is O=S1(=O)Nc2ccc(C(F)(F)F)c(n2)-c2ccccc2CCCCCN(CCN2CCOCC2)c2cccc1n2. The second-order valence-corrected chi connectivity index (χ2v) is 11.6. The van der Waals surface area contributed by atoms with Gasteiger partial charge in [0.2, 0.25) is 0 Å². The molecule has 40 heavy (non-hydrogen) atoms. The van der Waals surface area contributed by atoms with Gasteiger partial charge in [0.15, 0.2) is 5.03 Å². The van der Waals surface area contributed by atoms with Crippen LogP contribution in [0.15, 0.2) is 59.6 Å². The van der Waals surface area contributed by atoms with Gasteiger partial charge in [0.1, 0.15) is 11.6 Å². The van der Waals surface area contributed by atoms with Crippen molar-refractivity contribution in [1.29, 1.82) is 0 Å². The summed E-state index contributed by atoms with van der Waals surface area (Å²) < 4.78 is 76.4. The molecule has 1 fully saturated rings. The minimum atomic E-state index is -4.66. The lowest BCUT2D eigenvalue weighted by Gasteiger charge is -2.31. The molecule has 4 heterocycles. The number of benzene rings is 1. The maximum Gasteiger partial charge on any atom is 0.418 e. The minimum Gasteiger partial charge on any atom is -0.379 e. The van der Waals surface area contributed by atoms with Crippen LogP contribution < -0.4 is 9.62 Å². The number of nitrogens with one attached hydrogen (secondary N) is 1. The summed E-state index contributed by atoms with van der Waals surface area (Å²) in [7, 11) is -4.23. The van der Waals surface area contributed by atoms with Gasteiger partial charge in [-0.15, -0.1) is 0 Å². The van der Waals surface area contributed by atoms with Gasteiger partial charge >= 0.3 is 6.18 Å². The van der Waals surface area contributed by atoms with E-state index in [0.717, 1.165) is 56.6 Å². The lowest BCUT2D eigenvalue weighted by molar-refractivity contribution is -0.137. The number of fused-ring (bicyclic) bond motifs is 6. The van der Waals surface area contributed by atoms with Gasteiger partial charge < -0.3 is 9.64 Å². The van der Waals surface area contributed by atoms with E-state index in [1.807, 2.05) is 0 Å². The second kappa shape index (κ2) is 12.1. The molecule has 8 nitrogen and oxygen atoms in total. The summed E-state index contributed by atoms with van der Waals surface area (Å²) in [6, 6.07) is 13.6. The molecule has 0 unspecified atom stereocenters. The first-order valence-electron chi connectivity index (χ1n) is 13.4. The van der Waals surface area contributed by atoms with E-state index in [-0.39, 0.29) is 16.5 Å². The number of alkyl halides is 3. The smallest absolute Gasteiger partial charge is 0.379 e. The van der Waals surface area contributed by atoms with Crippen molar-refractivity contribution in [3.8, 4) is 11.3 Å². The molecule has 3 aromatic rings. The minimum absolute atomic E-state index is 0.207. The number of morpholine rings is 1. The molecule has 2 aliphatic rings. The maximum atomic E-state index is 14.0. The third kappa shape index (κ3) is 6.73. The average Bonchev–Trinajstić information content (AvgIpc) is 2.94. The Kier molecular flexibility index (Phi) is 8.57. The van der Waals surface area contributed by atoms with Gasteiger partial charge in [-0.2, -0.15) is 21.6 Å². The van der Waals surface area contributed by atoms with Gasteiger partial charge in [-0.1, -0.05) is 36.8 Å². The zero-order valence-corrected chi connectivity index (χ0v) is 22.8. The van der Waals surface area contributed by atoms with Crippen LogP contribution in [0.2, 0.25) is 0 Å². The van der Waals surface area contributed by atoms with Crippen molar-refractivity contribution in [1.82, 2.24) is 14.9 Å². The number of hydrogen-bond donors (Lipinski definition) is 1. The summed E-state index contributed by atoms with van der Waals surface area (Å²) >= 11 is 0. The van der Waals surface area contributed by atoms with Crippen molar-refractivity contribution in [2.75, 3.05) is 55.6 Å². The van der Waals surface area contributed by atoms with E-state index in [0.29, 0.717) is 44.1 Å². The number of pyridine rings is 2. The maximum absolute atomic E-state index is 14.0. The van der Waals surface area contributed by atoms with Gasteiger partial charge in [0.05, 0.1) is 24.5 Å². The average molecular weight is 576 g/mol. The first-order chi connectivity index (χ1) is 19.2. The number of ether oxygens (including phenoxy) is 1. The molecule has 12 heteroatoms. The standard InChI is InChI=1S/C28H32F3N5O3S/c29-28(30,31)23-12-13-24-32-27(23)22-9-4-3-8-21(22)7-2-1-5-14-36(16-15-35-17-19-39-20-18-35)25-10-6-11-26(33-25)40(37,38)34-24/h3-4,6,8-13H,1-2,5,7,14-20H2,(H,32,34). The summed E-state index contributed by atoms with van der Waals surface area (Å²) in [6.07, 6.45) is -1.62. The largest absolute Gasteiger partial charge is 0.418 e. The van der Waals surface area contributed by atoms with Crippen molar-refractivity contribution in [2.45, 2.75) is 36.9 Å². The Hall–Kier alpha value is -3.22. The van der Waals surface area contributed by atoms with Gasteiger partial charge in [0, 0.05) is 38.3 Å². The monoisotopic (exact) mass is 575 g/mol. The Labute approximate surface area is 232 Å². The van der Waals surface area contributed by atoms with Crippen LogP contribution >= 0.6 is 0 Å². The lowest BCUT2D eigenvalue weighted by atomic mass is 9.96. The molecule has 0 atom stereocenters. The number of hydrogen-bond acceptors (Lipinski definition) is 7. The van der Waals surface area contributed by atoms with Crippen molar-refractivity contribution >= 4 is 21.7 Å². The highest BCUT2D eigenvalue weighted by atomic mass is 32.2. The van der Waals surface area contributed by atoms with Gasteiger partial charge in [-0.3, -0.25) is 9.62 Å². The fourth-order valence-electron chi connectivity index (χ4n) is 5.06. The van der Waals surface area contributed by atoms with E-state index < -0.39 is 21.8 Å². The number of rotatable bonds is 3. The summed E-state index contributed by atoms with van der Waals surface area (Å²) in [5, 5.41) is -0.225. The summed E-state index contributed by atoms with van der Waals surface area (Å²) in [4.78, 5) is 13.0. The van der Waals surface area contributed by atoms with Crippen molar-refractivity contribution in [3.63, 3.8) is 0 Å². The van der Waals surface area contributed by atoms with Crippen LogP contribution in [0.5, 0.6) is 0 Å². The Balaban J connectivity index is 1.52. The zero-order chi connectivity index (χ0) is 28.2. The number of aryl methyl sites for hydroxylation is 1. The molecule has 2 aliphatic heterocycles. The first kappa shape index (κ1) is 28.3. The highest BCUT2D eigenvalue weighted by Crippen LogP contribution is 2.38. The van der Waals surface area contributed by atoms with E-state index in [1.165, 1.54) is 6.07 Å². The zero-order valence-electron chi connectivity index (χ0n) is 22.0. The van der Waals surface area contributed by atoms with Crippen molar-refractivity contribution in [3.05, 3.63) is 65.7 Å². The van der Waals surface area contributed by atoms with Gasteiger partial charge in [-0.25, -0.2) is 9.97 Å². The molecule has 0 amide bonds. The molecule has 0 saturated carbocycles. The van der Waals surface area contributed by atoms with Crippen LogP contribution in [0.3, 0.4) is 0 Å². The van der Waals surface area contributed by atoms with Gasteiger partial charge in [0.25, 0.3) is 10.0 Å². The third-order valence-corrected chi connectivity index (χ3v) is 8.44. The molecule has 4 bridgehead atoms. The van der Waals surface area contributed by atoms with Crippen molar-refractivity contribution < 1.29 is 26.3 Å². The topological polar surface area (TPSA) is 87.7 Å². The summed E-state index contributed by atoms with van der Waals surface area (Å²) in [5.74, 6) is 0.330. The Morgan fingerprint density at radius 1 is 0.875 bits per heavy atom. The van der Waals surface area contributed by atoms with E-state index in [9.17, 15) is 21.6 Å². The number of aromatic nitrogens is 2. The molecule has 1 aromatic carbocycles. The number of nitrogens with zero attached hydrogens (tertiary/aromatic N) is 4. The number of anilines is 2. The van der Waals surface area contributed by atoms with Crippen LogP contribution in [-0.2, 0) is 27.4 Å². The van der Waals surface area contributed by atoms with E-state index in [2.05, 4.69) is 24.5 Å². The van der Waals surface area contributed by atoms with Crippen LogP contribution in [0.4, 0.5) is 24.8 Å². The molecule has 2 aromatic heterocycles. The molecular formula is C28H32F3N5O3S. The Morgan fingerprint density at radius 3 is 2.48 bits per heavy atom. The van der Waals surface area contributed by atoms with Crippen LogP contribution in [-0.4, -0.2) is 69.2 Å². The second-order valence-electron chi connectivity index (χ2n) is 9.94. The number of sulfonamides is 1. The molecule has 1 N–H and O–H groups in total. The van der Waals surface area contributed by atoms with Crippen LogP contribution in [0.1, 0.15) is 30.4 Å². The molecule has 0 radical (unpaired) electrons. The third-order valence-electron chi connectivity index (χ3n) is 7.18. The fraction of sp³-hybridized carbons (Fsp3) is 0.429. The van der Waals surface area contributed by atoms with E-state index in [4.69, 9.17) is 4.74 Å². The quantitative estimate of drug-likeness (QED) is 0.479. The normalized spacial score (nSPS) is 18.5. The lowest BCUT2D eigenvalue weighted by Crippen LogP contribution is -2.42. The summed E-state index contributed by atoms with van der Waals surface area (Å²) in [6.45, 7) is 5.23. The highest BCUT2D eigenvalue weighted by Gasteiger charge is 2.35. The van der Waals surface area contributed by atoms with Gasteiger partial charge in [-0.05, 0) is 49.1 Å².